The summed E-state index contributed by atoms with van der Waals surface area (Å²) < 4.78 is 16.6. The van der Waals surface area contributed by atoms with E-state index >= 15 is 0 Å². The fraction of sp³-hybridized carbons (Fsp3) is 0.292. The molecule has 1 unspecified atom stereocenters. The van der Waals surface area contributed by atoms with Gasteiger partial charge < -0.3 is 10.6 Å². The molecule has 0 aliphatic rings. The van der Waals surface area contributed by atoms with Gasteiger partial charge in [-0.3, -0.25) is 19.0 Å². The van der Waals surface area contributed by atoms with Crippen molar-refractivity contribution in [3.8, 4) is 0 Å². The second-order valence-electron chi connectivity index (χ2n) is 8.23. The highest BCUT2D eigenvalue weighted by atomic mass is 19.1. The molecule has 2 aromatic carbocycles. The van der Waals surface area contributed by atoms with E-state index in [9.17, 15) is 23.6 Å². The molecule has 0 bridgehead atoms. The van der Waals surface area contributed by atoms with E-state index in [0.29, 0.717) is 16.6 Å². The van der Waals surface area contributed by atoms with Gasteiger partial charge in [0.05, 0.1) is 10.9 Å². The molecule has 0 saturated heterocycles. The Bertz CT molecular complexity index is 1520. The first-order valence-corrected chi connectivity index (χ1v) is 11.2. The Morgan fingerprint density at radius 2 is 1.77 bits per heavy atom. The Kier molecular flexibility index (Phi) is 6.76. The van der Waals surface area contributed by atoms with Crippen molar-refractivity contribution in [1.82, 2.24) is 24.1 Å². The molecule has 0 saturated carbocycles. The lowest BCUT2D eigenvalue weighted by atomic mass is 10.2. The van der Waals surface area contributed by atoms with Gasteiger partial charge in [0.25, 0.3) is 5.56 Å². The molecule has 0 aliphatic heterocycles. The van der Waals surface area contributed by atoms with Crippen LogP contribution in [-0.2, 0) is 22.7 Å². The van der Waals surface area contributed by atoms with Gasteiger partial charge in [0.1, 0.15) is 12.4 Å². The number of para-hydroxylation sites is 1. The molecular weight excluding hydrogens is 455 g/mol. The van der Waals surface area contributed by atoms with E-state index in [4.69, 9.17) is 0 Å². The van der Waals surface area contributed by atoms with Crippen LogP contribution >= 0.6 is 0 Å². The number of benzene rings is 2. The number of rotatable bonds is 8. The Morgan fingerprint density at radius 1 is 1.06 bits per heavy atom. The fourth-order valence-electron chi connectivity index (χ4n) is 3.70. The molecule has 0 aliphatic carbocycles. The Labute approximate surface area is 199 Å². The van der Waals surface area contributed by atoms with Crippen LogP contribution in [0.2, 0.25) is 0 Å². The second-order valence-corrected chi connectivity index (χ2v) is 8.23. The number of carbonyl (C=O) groups excluding carboxylic acids is 2. The minimum atomic E-state index is -0.608. The minimum absolute atomic E-state index is 0.00251. The third-order valence-electron chi connectivity index (χ3n) is 5.69. The van der Waals surface area contributed by atoms with E-state index in [-0.39, 0.29) is 30.7 Å². The van der Waals surface area contributed by atoms with Crippen LogP contribution in [0.1, 0.15) is 26.7 Å². The normalized spacial score (nSPS) is 12.1. The number of nitrogens with zero attached hydrogens (tertiary/aromatic N) is 4. The lowest BCUT2D eigenvalue weighted by Crippen LogP contribution is -2.34. The average Bonchev–Trinajstić information content (AvgIpc) is 3.16. The average molecular weight is 481 g/mol. The smallest absolute Gasteiger partial charge is 0.352 e. The van der Waals surface area contributed by atoms with Gasteiger partial charge in [-0.05, 0) is 49.7 Å². The molecule has 0 spiro atoms. The first-order valence-electron chi connectivity index (χ1n) is 11.2. The highest BCUT2D eigenvalue weighted by Gasteiger charge is 2.19. The lowest BCUT2D eigenvalue weighted by Gasteiger charge is -2.12. The number of fused-ring (bicyclic) bond motifs is 3. The molecule has 2 aromatic heterocycles. The SMILES string of the molecule is CCC(C)NC(=O)CCn1c(=O)c2ccccc2n2c(=O)n(CC(=O)Nc3ccc(F)cc3)nc12. The molecule has 182 valence electrons. The number of aromatic nitrogens is 4. The molecule has 1 atom stereocenters. The third-order valence-corrected chi connectivity index (χ3v) is 5.69. The summed E-state index contributed by atoms with van der Waals surface area (Å²) in [4.78, 5) is 51.2. The molecule has 11 heteroatoms. The first-order chi connectivity index (χ1) is 16.8. The summed E-state index contributed by atoms with van der Waals surface area (Å²) in [5.41, 5.74) is -0.286. The number of hydrogen-bond donors (Lipinski definition) is 2. The van der Waals surface area contributed by atoms with E-state index in [1.165, 1.54) is 33.2 Å². The summed E-state index contributed by atoms with van der Waals surface area (Å²) in [5.74, 6) is -1.18. The number of hydrogen-bond acceptors (Lipinski definition) is 5. The van der Waals surface area contributed by atoms with Crippen LogP contribution in [0.5, 0.6) is 0 Å². The van der Waals surface area contributed by atoms with Gasteiger partial charge in [-0.25, -0.2) is 18.3 Å². The predicted octanol–water partition coefficient (Wildman–Crippen LogP) is 1.89. The highest BCUT2D eigenvalue weighted by molar-refractivity contribution is 5.90. The quantitative estimate of drug-likeness (QED) is 0.399. The van der Waals surface area contributed by atoms with Crippen LogP contribution in [0.15, 0.2) is 58.1 Å². The van der Waals surface area contributed by atoms with Crippen LogP contribution in [-0.4, -0.2) is 36.6 Å². The molecular formula is C24H25FN6O4. The molecule has 2 amide bonds. The maximum absolute atomic E-state index is 13.2. The van der Waals surface area contributed by atoms with Crippen molar-refractivity contribution in [2.24, 2.45) is 0 Å². The van der Waals surface area contributed by atoms with Crippen molar-refractivity contribution in [2.45, 2.75) is 45.8 Å². The summed E-state index contributed by atoms with van der Waals surface area (Å²) in [6, 6.07) is 11.8. The van der Waals surface area contributed by atoms with E-state index in [1.54, 1.807) is 24.3 Å². The van der Waals surface area contributed by atoms with Gasteiger partial charge in [-0.15, -0.1) is 5.10 Å². The highest BCUT2D eigenvalue weighted by Crippen LogP contribution is 2.12. The summed E-state index contributed by atoms with van der Waals surface area (Å²) in [6.45, 7) is 3.42. The molecule has 2 heterocycles. The lowest BCUT2D eigenvalue weighted by molar-refractivity contribution is -0.122. The van der Waals surface area contributed by atoms with Gasteiger partial charge in [0.2, 0.25) is 17.6 Å². The number of halogens is 1. The summed E-state index contributed by atoms with van der Waals surface area (Å²) in [7, 11) is 0. The first kappa shape index (κ1) is 23.9. The molecule has 35 heavy (non-hydrogen) atoms. The Morgan fingerprint density at radius 3 is 2.49 bits per heavy atom. The predicted molar refractivity (Wildman–Crippen MR) is 129 cm³/mol. The van der Waals surface area contributed by atoms with E-state index in [2.05, 4.69) is 15.7 Å². The summed E-state index contributed by atoms with van der Waals surface area (Å²) in [6.07, 6.45) is 0.788. The van der Waals surface area contributed by atoms with Crippen molar-refractivity contribution >= 4 is 34.2 Å². The van der Waals surface area contributed by atoms with Crippen LogP contribution in [0, 0.1) is 5.82 Å². The van der Waals surface area contributed by atoms with Crippen molar-refractivity contribution in [3.63, 3.8) is 0 Å². The zero-order valence-electron chi connectivity index (χ0n) is 19.3. The molecule has 2 N–H and O–H groups in total. The zero-order valence-corrected chi connectivity index (χ0v) is 19.3. The molecule has 0 radical (unpaired) electrons. The van der Waals surface area contributed by atoms with Crippen LogP contribution in [0.3, 0.4) is 0 Å². The van der Waals surface area contributed by atoms with E-state index in [0.717, 1.165) is 11.1 Å². The summed E-state index contributed by atoms with van der Waals surface area (Å²) in [5, 5.41) is 9.97. The van der Waals surface area contributed by atoms with Crippen LogP contribution in [0.25, 0.3) is 16.7 Å². The van der Waals surface area contributed by atoms with Gasteiger partial charge in [0, 0.05) is 24.7 Å². The number of aryl methyl sites for hydroxylation is 1. The Balaban J connectivity index is 1.70. The largest absolute Gasteiger partial charge is 0.354 e. The number of carbonyl (C=O) groups is 2. The Hall–Kier alpha value is -4.28. The molecule has 0 fully saturated rings. The molecule has 10 nitrogen and oxygen atoms in total. The van der Waals surface area contributed by atoms with Crippen LogP contribution in [0.4, 0.5) is 10.1 Å². The second kappa shape index (κ2) is 9.92. The third kappa shape index (κ3) is 4.98. The summed E-state index contributed by atoms with van der Waals surface area (Å²) >= 11 is 0. The monoisotopic (exact) mass is 480 g/mol. The van der Waals surface area contributed by atoms with E-state index in [1.807, 2.05) is 13.8 Å². The standard InChI is InChI=1S/C24H25FN6O4/c1-3-15(2)26-20(32)12-13-29-22(34)18-6-4-5-7-19(18)31-23(29)28-30(24(31)35)14-21(33)27-17-10-8-16(25)9-11-17/h4-11,15H,3,12-14H2,1-2H3,(H,26,32)(H,27,33). The van der Waals surface area contributed by atoms with Gasteiger partial charge in [0.15, 0.2) is 0 Å². The van der Waals surface area contributed by atoms with Gasteiger partial charge >= 0.3 is 5.69 Å². The van der Waals surface area contributed by atoms with Crippen molar-refractivity contribution in [3.05, 3.63) is 75.2 Å². The fourth-order valence-corrected chi connectivity index (χ4v) is 3.70. The van der Waals surface area contributed by atoms with Crippen molar-refractivity contribution in [1.29, 1.82) is 0 Å². The number of anilines is 1. The van der Waals surface area contributed by atoms with E-state index < -0.39 is 29.5 Å². The van der Waals surface area contributed by atoms with Crippen LogP contribution < -0.4 is 21.9 Å². The number of nitrogens with one attached hydrogen (secondary N) is 2. The molecule has 4 rings (SSSR count). The number of amides is 2. The maximum Gasteiger partial charge on any atom is 0.352 e. The maximum atomic E-state index is 13.2. The topological polar surface area (TPSA) is 120 Å². The van der Waals surface area contributed by atoms with Gasteiger partial charge in [-0.2, -0.15) is 0 Å². The molecule has 4 aromatic rings. The van der Waals surface area contributed by atoms with Crippen molar-refractivity contribution in [2.75, 3.05) is 5.32 Å². The minimum Gasteiger partial charge on any atom is -0.354 e. The zero-order chi connectivity index (χ0) is 25.1. The van der Waals surface area contributed by atoms with Crippen molar-refractivity contribution < 1.29 is 14.0 Å². The van der Waals surface area contributed by atoms with Gasteiger partial charge in [-0.1, -0.05) is 19.1 Å².